The molecule has 1 aromatic heterocycles. The van der Waals surface area contributed by atoms with E-state index in [1.54, 1.807) is 20.8 Å². The number of halogens is 4. The molecule has 0 aliphatic rings. The van der Waals surface area contributed by atoms with E-state index >= 15 is 0 Å². The lowest BCUT2D eigenvalue weighted by atomic mass is 10.2. The summed E-state index contributed by atoms with van der Waals surface area (Å²) in [6.45, 7) is 4.84. The molecule has 0 aliphatic heterocycles. The number of thioether (sulfide) groups is 1. The summed E-state index contributed by atoms with van der Waals surface area (Å²) in [5.41, 5.74) is -0.760. The summed E-state index contributed by atoms with van der Waals surface area (Å²) >= 11 is 0.306. The van der Waals surface area contributed by atoms with Crippen LogP contribution in [0.3, 0.4) is 0 Å². The number of esters is 1. The highest BCUT2D eigenvalue weighted by Crippen LogP contribution is 2.27. The van der Waals surface area contributed by atoms with Crippen molar-refractivity contribution < 1.29 is 27.1 Å². The van der Waals surface area contributed by atoms with Crippen LogP contribution in [0.15, 0.2) is 4.90 Å². The van der Waals surface area contributed by atoms with Crippen LogP contribution in [0.5, 0.6) is 0 Å². The zero-order valence-corrected chi connectivity index (χ0v) is 11.2. The molecule has 1 aromatic rings. The summed E-state index contributed by atoms with van der Waals surface area (Å²) in [5, 5.41) is 0. The maximum Gasteiger partial charge on any atom is 0.316 e. The van der Waals surface area contributed by atoms with Crippen LogP contribution in [0.4, 0.5) is 17.6 Å². The Morgan fingerprint density at radius 1 is 1.16 bits per heavy atom. The van der Waals surface area contributed by atoms with E-state index in [4.69, 9.17) is 4.74 Å². The molecule has 0 N–H and O–H groups in total. The Balaban J connectivity index is 2.81. The number of rotatable bonds is 3. The maximum absolute atomic E-state index is 13.2. The van der Waals surface area contributed by atoms with Gasteiger partial charge in [-0.05, 0) is 20.8 Å². The lowest BCUT2D eigenvalue weighted by molar-refractivity contribution is -0.151. The number of carbonyl (C=O) groups is 1. The van der Waals surface area contributed by atoms with Crippen molar-refractivity contribution >= 4 is 17.7 Å². The molecule has 0 saturated carbocycles. The third kappa shape index (κ3) is 4.38. The van der Waals surface area contributed by atoms with Gasteiger partial charge < -0.3 is 4.74 Å². The van der Waals surface area contributed by atoms with E-state index in [1.165, 1.54) is 0 Å². The Morgan fingerprint density at radius 2 is 1.63 bits per heavy atom. The quantitative estimate of drug-likeness (QED) is 0.372. The number of hydrogen-bond donors (Lipinski definition) is 0. The first-order chi connectivity index (χ1) is 8.61. The van der Waals surface area contributed by atoms with Gasteiger partial charge in [-0.25, -0.2) is 8.78 Å². The van der Waals surface area contributed by atoms with Gasteiger partial charge >= 0.3 is 5.97 Å². The van der Waals surface area contributed by atoms with Crippen molar-refractivity contribution in [2.45, 2.75) is 31.3 Å². The van der Waals surface area contributed by atoms with E-state index in [0.29, 0.717) is 11.8 Å². The molecule has 0 spiro atoms. The highest BCUT2D eigenvalue weighted by Gasteiger charge is 2.23. The number of aromatic nitrogens is 1. The van der Waals surface area contributed by atoms with Crippen LogP contribution in [-0.4, -0.2) is 22.3 Å². The number of carbonyl (C=O) groups excluding carboxylic acids is 1. The zero-order valence-electron chi connectivity index (χ0n) is 10.4. The average molecular weight is 297 g/mol. The SMILES string of the molecule is CC(C)(C)OC(=O)CSc1c(F)c(F)nc(F)c1F. The highest BCUT2D eigenvalue weighted by molar-refractivity contribution is 8.00. The Hall–Kier alpha value is -1.31. The Kier molecular flexibility index (Phi) is 4.78. The van der Waals surface area contributed by atoms with Crippen LogP contribution < -0.4 is 0 Å². The molecule has 0 amide bonds. The summed E-state index contributed by atoms with van der Waals surface area (Å²) in [6, 6.07) is 0. The molecule has 1 heterocycles. The first-order valence-electron chi connectivity index (χ1n) is 5.16. The zero-order chi connectivity index (χ0) is 14.8. The predicted molar refractivity (Wildman–Crippen MR) is 60.6 cm³/mol. The second-order valence-electron chi connectivity index (χ2n) is 4.53. The first-order valence-corrected chi connectivity index (χ1v) is 6.15. The molecule has 0 atom stereocenters. The third-order valence-corrected chi connectivity index (χ3v) is 2.74. The monoisotopic (exact) mass is 297 g/mol. The van der Waals surface area contributed by atoms with E-state index in [2.05, 4.69) is 4.98 Å². The molecule has 0 aliphatic carbocycles. The van der Waals surface area contributed by atoms with Gasteiger partial charge in [0.1, 0.15) is 5.60 Å². The van der Waals surface area contributed by atoms with Crippen molar-refractivity contribution in [1.29, 1.82) is 0 Å². The molecule has 8 heteroatoms. The van der Waals surface area contributed by atoms with Gasteiger partial charge in [-0.2, -0.15) is 13.8 Å². The minimum absolute atomic E-state index is 0.306. The lowest BCUT2D eigenvalue weighted by Gasteiger charge is -2.19. The highest BCUT2D eigenvalue weighted by atomic mass is 32.2. The van der Waals surface area contributed by atoms with Gasteiger partial charge in [0.15, 0.2) is 11.6 Å². The maximum atomic E-state index is 13.2. The van der Waals surface area contributed by atoms with Crippen LogP contribution in [0.25, 0.3) is 0 Å². The Labute approximate surface area is 111 Å². The van der Waals surface area contributed by atoms with Crippen LogP contribution in [0.2, 0.25) is 0 Å². The summed E-state index contributed by atoms with van der Waals surface area (Å²) in [5.74, 6) is -8.02. The summed E-state index contributed by atoms with van der Waals surface area (Å²) in [7, 11) is 0. The molecule has 19 heavy (non-hydrogen) atoms. The third-order valence-electron chi connectivity index (χ3n) is 1.71. The van der Waals surface area contributed by atoms with Crippen molar-refractivity contribution in [3.05, 3.63) is 23.5 Å². The van der Waals surface area contributed by atoms with Gasteiger partial charge in [0.25, 0.3) is 11.9 Å². The minimum Gasteiger partial charge on any atom is -0.459 e. The van der Waals surface area contributed by atoms with Crippen molar-refractivity contribution in [3.63, 3.8) is 0 Å². The molecule has 0 radical (unpaired) electrons. The average Bonchev–Trinajstić information content (AvgIpc) is 2.24. The minimum atomic E-state index is -1.76. The number of ether oxygens (including phenoxy) is 1. The number of hydrogen-bond acceptors (Lipinski definition) is 4. The van der Waals surface area contributed by atoms with Gasteiger partial charge in [0, 0.05) is 0 Å². The fourth-order valence-corrected chi connectivity index (χ4v) is 1.84. The number of nitrogens with zero attached hydrogens (tertiary/aromatic N) is 1. The van der Waals surface area contributed by atoms with E-state index in [-0.39, 0.29) is 0 Å². The van der Waals surface area contributed by atoms with Crippen LogP contribution >= 0.6 is 11.8 Å². The van der Waals surface area contributed by atoms with Crippen molar-refractivity contribution in [3.8, 4) is 0 Å². The van der Waals surface area contributed by atoms with Crippen LogP contribution in [0.1, 0.15) is 20.8 Å². The fourth-order valence-electron chi connectivity index (χ4n) is 1.10. The van der Waals surface area contributed by atoms with Gasteiger partial charge in [-0.1, -0.05) is 0 Å². The lowest BCUT2D eigenvalue weighted by Crippen LogP contribution is -2.25. The molecule has 3 nitrogen and oxygen atoms in total. The van der Waals surface area contributed by atoms with Gasteiger partial charge in [0.2, 0.25) is 0 Å². The van der Waals surface area contributed by atoms with Crippen LogP contribution in [-0.2, 0) is 9.53 Å². The molecule has 0 unspecified atom stereocenters. The molecule has 0 fully saturated rings. The first kappa shape index (κ1) is 15.7. The molecular formula is C11H11F4NO2S. The van der Waals surface area contributed by atoms with Gasteiger partial charge in [-0.3, -0.25) is 4.79 Å². The van der Waals surface area contributed by atoms with Crippen LogP contribution in [0, 0.1) is 23.5 Å². The Morgan fingerprint density at radius 3 is 2.05 bits per heavy atom. The Bertz CT molecular complexity index is 476. The normalized spacial score (nSPS) is 11.5. The molecule has 0 bridgehead atoms. The summed E-state index contributed by atoms with van der Waals surface area (Å²) in [4.78, 5) is 12.8. The summed E-state index contributed by atoms with van der Waals surface area (Å²) in [6.07, 6.45) is 0. The van der Waals surface area contributed by atoms with E-state index in [1.807, 2.05) is 0 Å². The second-order valence-corrected chi connectivity index (χ2v) is 5.51. The summed E-state index contributed by atoms with van der Waals surface area (Å²) < 4.78 is 56.9. The van der Waals surface area contributed by atoms with Crippen molar-refractivity contribution in [1.82, 2.24) is 4.98 Å². The van der Waals surface area contributed by atoms with E-state index in [0.717, 1.165) is 0 Å². The smallest absolute Gasteiger partial charge is 0.316 e. The fraction of sp³-hybridized carbons (Fsp3) is 0.455. The van der Waals surface area contributed by atoms with Crippen molar-refractivity contribution in [2.24, 2.45) is 0 Å². The van der Waals surface area contributed by atoms with Gasteiger partial charge in [-0.15, -0.1) is 11.8 Å². The molecule has 0 saturated heterocycles. The van der Waals surface area contributed by atoms with Crippen molar-refractivity contribution in [2.75, 3.05) is 5.75 Å². The molecule has 0 aromatic carbocycles. The number of pyridine rings is 1. The van der Waals surface area contributed by atoms with Gasteiger partial charge in [0.05, 0.1) is 10.6 Å². The van der Waals surface area contributed by atoms with E-state index in [9.17, 15) is 22.4 Å². The largest absolute Gasteiger partial charge is 0.459 e. The predicted octanol–water partition coefficient (Wildman–Crippen LogP) is 3.07. The topological polar surface area (TPSA) is 39.2 Å². The molecule has 1 rings (SSSR count). The standard InChI is InChI=1S/C11H11F4NO2S/c1-11(2,3)18-5(17)4-19-8-6(12)9(14)16-10(15)7(8)13/h4H2,1-3H3. The second kappa shape index (κ2) is 5.77. The molecule has 106 valence electrons. The van der Waals surface area contributed by atoms with E-state index < -0.39 is 45.7 Å². The molecular weight excluding hydrogens is 286 g/mol.